The Bertz CT molecular complexity index is 496. The van der Waals surface area contributed by atoms with Crippen LogP contribution in [0, 0.1) is 5.92 Å². The lowest BCUT2D eigenvalue weighted by molar-refractivity contribution is 0.0702. The predicted octanol–water partition coefficient (Wildman–Crippen LogP) is 2.83. The molecule has 6 heteroatoms. The van der Waals surface area contributed by atoms with Gasteiger partial charge in [0.05, 0.1) is 0 Å². The van der Waals surface area contributed by atoms with Gasteiger partial charge in [-0.2, -0.15) is 0 Å². The largest absolute Gasteiger partial charge is 0.382 e. The van der Waals surface area contributed by atoms with Gasteiger partial charge in [0.2, 0.25) is 0 Å². The van der Waals surface area contributed by atoms with E-state index in [1.165, 1.54) is 24.2 Å². The van der Waals surface area contributed by atoms with Crippen molar-refractivity contribution in [1.29, 1.82) is 0 Å². The Hall–Kier alpha value is -1.30. The van der Waals surface area contributed by atoms with Crippen molar-refractivity contribution in [3.05, 3.63) is 4.88 Å². The van der Waals surface area contributed by atoms with Gasteiger partial charge in [-0.05, 0) is 39.0 Å². The molecule has 2 rings (SSSR count). The molecule has 1 aromatic rings. The number of amides is 1. The molecular weight excluding hydrogens is 284 g/mol. The lowest BCUT2D eigenvalue weighted by Crippen LogP contribution is -2.38. The Morgan fingerprint density at radius 1 is 1.48 bits per heavy atom. The molecule has 0 bridgehead atoms. The number of aromatic nitrogens is 1. The van der Waals surface area contributed by atoms with E-state index in [1.54, 1.807) is 0 Å². The van der Waals surface area contributed by atoms with Crippen LogP contribution in [0.3, 0.4) is 0 Å². The average molecular weight is 310 g/mol. The van der Waals surface area contributed by atoms with Gasteiger partial charge in [0, 0.05) is 26.2 Å². The van der Waals surface area contributed by atoms with Crippen molar-refractivity contribution in [2.45, 2.75) is 46.1 Å². The maximum Gasteiger partial charge on any atom is 0.268 e. The van der Waals surface area contributed by atoms with Crippen LogP contribution >= 0.6 is 11.3 Å². The molecule has 0 aliphatic heterocycles. The molecule has 118 valence electrons. The van der Waals surface area contributed by atoms with Gasteiger partial charge in [0.25, 0.3) is 5.91 Å². The molecule has 0 unspecified atom stereocenters. The van der Waals surface area contributed by atoms with Crippen LogP contribution in [0.4, 0.5) is 10.9 Å². The van der Waals surface area contributed by atoms with Crippen LogP contribution in [0.5, 0.6) is 0 Å². The molecule has 0 saturated heterocycles. The normalized spacial score (nSPS) is 14.5. The summed E-state index contributed by atoms with van der Waals surface area (Å²) in [6.45, 7) is 7.99. The number of carbonyl (C=O) groups is 1. The highest BCUT2D eigenvalue weighted by atomic mass is 32.1. The fourth-order valence-electron chi connectivity index (χ4n) is 2.31. The van der Waals surface area contributed by atoms with Gasteiger partial charge in [0.15, 0.2) is 5.13 Å². The third-order valence-electron chi connectivity index (χ3n) is 3.76. The van der Waals surface area contributed by atoms with Crippen molar-refractivity contribution >= 4 is 28.2 Å². The number of anilines is 2. The summed E-state index contributed by atoms with van der Waals surface area (Å²) < 4.78 is 0. The topological polar surface area (TPSA) is 62.5 Å². The van der Waals surface area contributed by atoms with E-state index in [-0.39, 0.29) is 11.9 Å². The number of nitrogen functional groups attached to an aromatic ring is 1. The van der Waals surface area contributed by atoms with Crippen molar-refractivity contribution in [3.8, 4) is 0 Å². The molecule has 1 aromatic heterocycles. The minimum absolute atomic E-state index is 0.0306. The molecule has 0 radical (unpaired) electrons. The van der Waals surface area contributed by atoms with Crippen LogP contribution in [0.1, 0.15) is 49.7 Å². The number of hydrogen-bond donors (Lipinski definition) is 1. The molecule has 21 heavy (non-hydrogen) atoms. The second kappa shape index (κ2) is 6.64. The first kappa shape index (κ1) is 16.1. The third kappa shape index (κ3) is 3.87. The van der Waals surface area contributed by atoms with Crippen molar-refractivity contribution in [2.75, 3.05) is 30.8 Å². The zero-order valence-electron chi connectivity index (χ0n) is 13.4. The molecule has 5 nitrogen and oxygen atoms in total. The van der Waals surface area contributed by atoms with Crippen molar-refractivity contribution < 1.29 is 4.79 Å². The summed E-state index contributed by atoms with van der Waals surface area (Å²) in [6, 6.07) is 0.191. The van der Waals surface area contributed by atoms with Crippen molar-refractivity contribution in [2.24, 2.45) is 5.92 Å². The molecule has 1 amide bonds. The molecule has 1 aliphatic carbocycles. The Kier molecular flexibility index (Phi) is 5.08. The standard InChI is InChI=1S/C15H26N4OS/c1-5-8-18(4)15-17-13(16)12(21-15)14(20)19(10(2)3)9-11-6-7-11/h10-11H,5-9,16H2,1-4H3. The lowest BCUT2D eigenvalue weighted by atomic mass is 10.2. The molecule has 1 saturated carbocycles. The molecule has 0 atom stereocenters. The Morgan fingerprint density at radius 2 is 2.14 bits per heavy atom. The minimum Gasteiger partial charge on any atom is -0.382 e. The second-order valence-corrected chi connectivity index (χ2v) is 7.10. The fourth-order valence-corrected chi connectivity index (χ4v) is 3.23. The maximum absolute atomic E-state index is 12.8. The summed E-state index contributed by atoms with van der Waals surface area (Å²) in [4.78, 5) is 21.7. The van der Waals surface area contributed by atoms with E-state index in [0.29, 0.717) is 16.6 Å². The smallest absolute Gasteiger partial charge is 0.268 e. The first-order chi connectivity index (χ1) is 9.93. The lowest BCUT2D eigenvalue weighted by Gasteiger charge is -2.26. The fraction of sp³-hybridized carbons (Fsp3) is 0.733. The number of hydrogen-bond acceptors (Lipinski definition) is 5. The van der Waals surface area contributed by atoms with Gasteiger partial charge in [-0.25, -0.2) is 4.98 Å². The van der Waals surface area contributed by atoms with Gasteiger partial charge in [-0.1, -0.05) is 18.3 Å². The van der Waals surface area contributed by atoms with E-state index in [4.69, 9.17) is 5.73 Å². The maximum atomic E-state index is 12.8. The zero-order valence-corrected chi connectivity index (χ0v) is 14.2. The highest BCUT2D eigenvalue weighted by molar-refractivity contribution is 7.18. The molecule has 2 N–H and O–H groups in total. The van der Waals surface area contributed by atoms with Crippen LogP contribution in [0.15, 0.2) is 0 Å². The number of rotatable bonds is 7. The summed E-state index contributed by atoms with van der Waals surface area (Å²) in [5.74, 6) is 1.07. The molecule has 0 spiro atoms. The number of carbonyl (C=O) groups excluding carboxylic acids is 1. The Labute approximate surface area is 131 Å². The first-order valence-corrected chi connectivity index (χ1v) is 8.54. The van der Waals surface area contributed by atoms with Gasteiger partial charge >= 0.3 is 0 Å². The highest BCUT2D eigenvalue weighted by Crippen LogP contribution is 2.33. The van der Waals surface area contributed by atoms with Crippen LogP contribution in [0.25, 0.3) is 0 Å². The molecule has 1 heterocycles. The van der Waals surface area contributed by atoms with E-state index >= 15 is 0 Å². The molecule has 0 aromatic carbocycles. The summed E-state index contributed by atoms with van der Waals surface area (Å²) in [5, 5.41) is 0.827. The van der Waals surface area contributed by atoms with Gasteiger partial charge in [-0.3, -0.25) is 4.79 Å². The van der Waals surface area contributed by atoms with E-state index in [2.05, 4.69) is 30.7 Å². The quantitative estimate of drug-likeness (QED) is 0.841. The van der Waals surface area contributed by atoms with Crippen LogP contribution in [-0.4, -0.2) is 42.0 Å². The predicted molar refractivity (Wildman–Crippen MR) is 89.0 cm³/mol. The van der Waals surface area contributed by atoms with Crippen molar-refractivity contribution in [3.63, 3.8) is 0 Å². The number of nitrogens with zero attached hydrogens (tertiary/aromatic N) is 3. The minimum atomic E-state index is 0.0306. The van der Waals surface area contributed by atoms with Crippen molar-refractivity contribution in [1.82, 2.24) is 9.88 Å². The van der Waals surface area contributed by atoms with Gasteiger partial charge in [0.1, 0.15) is 10.7 Å². The van der Waals surface area contributed by atoms with Gasteiger partial charge in [-0.15, -0.1) is 0 Å². The van der Waals surface area contributed by atoms with Crippen LogP contribution in [-0.2, 0) is 0 Å². The summed E-state index contributed by atoms with van der Waals surface area (Å²) in [5.41, 5.74) is 5.99. The summed E-state index contributed by atoms with van der Waals surface area (Å²) in [7, 11) is 1.99. The average Bonchev–Trinajstić information content (AvgIpc) is 3.16. The second-order valence-electron chi connectivity index (χ2n) is 6.13. The molecule has 1 aliphatic rings. The Balaban J connectivity index is 2.16. The molecule has 1 fully saturated rings. The monoisotopic (exact) mass is 310 g/mol. The summed E-state index contributed by atoms with van der Waals surface area (Å²) in [6.07, 6.45) is 3.51. The van der Waals surface area contributed by atoms with E-state index < -0.39 is 0 Å². The van der Waals surface area contributed by atoms with E-state index in [0.717, 1.165) is 24.6 Å². The summed E-state index contributed by atoms with van der Waals surface area (Å²) >= 11 is 1.41. The highest BCUT2D eigenvalue weighted by Gasteiger charge is 2.31. The first-order valence-electron chi connectivity index (χ1n) is 7.72. The van der Waals surface area contributed by atoms with E-state index in [9.17, 15) is 4.79 Å². The number of thiazole rings is 1. The Morgan fingerprint density at radius 3 is 2.67 bits per heavy atom. The SMILES string of the molecule is CCCN(C)c1nc(N)c(C(=O)N(CC2CC2)C(C)C)s1. The van der Waals surface area contributed by atoms with Crippen LogP contribution < -0.4 is 10.6 Å². The molecular formula is C15H26N4OS. The number of nitrogens with two attached hydrogens (primary N) is 1. The van der Waals surface area contributed by atoms with Crippen LogP contribution in [0.2, 0.25) is 0 Å². The third-order valence-corrected chi connectivity index (χ3v) is 4.93. The van der Waals surface area contributed by atoms with Gasteiger partial charge < -0.3 is 15.5 Å². The zero-order chi connectivity index (χ0) is 15.6. The van der Waals surface area contributed by atoms with E-state index in [1.807, 2.05) is 11.9 Å².